The first-order valence-electron chi connectivity index (χ1n) is 8.90. The van der Waals surface area contributed by atoms with Crippen LogP contribution >= 0.6 is 0 Å². The number of halogens is 1. The minimum Gasteiger partial charge on any atom is -0.330 e. The summed E-state index contributed by atoms with van der Waals surface area (Å²) >= 11 is 0. The third-order valence-corrected chi connectivity index (χ3v) is 5.62. The molecule has 0 saturated heterocycles. The highest BCUT2D eigenvalue weighted by atomic mass is 19.1. The number of hydrogen-bond acceptors (Lipinski definition) is 2. The van der Waals surface area contributed by atoms with Gasteiger partial charge in [0.05, 0.1) is 23.9 Å². The largest absolute Gasteiger partial charge is 0.330 e. The Kier molecular flexibility index (Phi) is 3.98. The van der Waals surface area contributed by atoms with Gasteiger partial charge in [0.15, 0.2) is 0 Å². The molecule has 3 amide bonds. The van der Waals surface area contributed by atoms with Crippen molar-refractivity contribution in [1.29, 1.82) is 0 Å². The number of rotatable bonds is 2. The van der Waals surface area contributed by atoms with Gasteiger partial charge in [-0.3, -0.25) is 9.69 Å². The Labute approximate surface area is 146 Å². The normalized spacial score (nSPS) is 24.6. The number of likely N-dealkylation sites (N-methyl/N-ethyl adjacent to an activating group) is 1. The lowest BCUT2D eigenvalue weighted by Gasteiger charge is -2.31. The van der Waals surface area contributed by atoms with Gasteiger partial charge in [-0.1, -0.05) is 37.5 Å². The lowest BCUT2D eigenvalue weighted by molar-refractivity contribution is -0.128. The molecule has 1 aromatic rings. The zero-order valence-electron chi connectivity index (χ0n) is 14.3. The summed E-state index contributed by atoms with van der Waals surface area (Å²) in [5, 5.41) is 2.79. The van der Waals surface area contributed by atoms with Gasteiger partial charge in [-0.2, -0.15) is 0 Å². The zero-order valence-corrected chi connectivity index (χ0v) is 14.3. The number of hydrogen-bond donors (Lipinski definition) is 1. The van der Waals surface area contributed by atoms with Crippen LogP contribution in [0.15, 0.2) is 35.5 Å². The highest BCUT2D eigenvalue weighted by Gasteiger charge is 2.45. The number of nitrogens with one attached hydrogen (secondary N) is 1. The second kappa shape index (κ2) is 6.17. The van der Waals surface area contributed by atoms with E-state index in [4.69, 9.17) is 0 Å². The van der Waals surface area contributed by atoms with Crippen LogP contribution in [0.25, 0.3) is 0 Å². The van der Waals surface area contributed by atoms with Crippen molar-refractivity contribution in [2.75, 3.05) is 13.6 Å². The third kappa shape index (κ3) is 2.60. The van der Waals surface area contributed by atoms with Crippen LogP contribution in [0, 0.1) is 5.82 Å². The van der Waals surface area contributed by atoms with E-state index in [1.165, 1.54) is 17.4 Å². The lowest BCUT2D eigenvalue weighted by Crippen LogP contribution is -2.45. The number of nitrogens with zero attached hydrogens (tertiary/aromatic N) is 2. The van der Waals surface area contributed by atoms with Gasteiger partial charge in [0, 0.05) is 18.7 Å². The number of carbonyl (C=O) groups is 2. The molecule has 1 saturated carbocycles. The van der Waals surface area contributed by atoms with E-state index in [2.05, 4.69) is 5.32 Å². The molecule has 132 valence electrons. The summed E-state index contributed by atoms with van der Waals surface area (Å²) < 4.78 is 14.3. The highest BCUT2D eigenvalue weighted by molar-refractivity contribution is 6.01. The van der Waals surface area contributed by atoms with Gasteiger partial charge in [-0.25, -0.2) is 9.18 Å². The maximum Gasteiger partial charge on any atom is 0.322 e. The topological polar surface area (TPSA) is 52.7 Å². The van der Waals surface area contributed by atoms with Crippen LogP contribution in [0.1, 0.15) is 43.7 Å². The van der Waals surface area contributed by atoms with Crippen LogP contribution in [0.3, 0.4) is 0 Å². The summed E-state index contributed by atoms with van der Waals surface area (Å²) in [5.74, 6) is -0.477. The standard InChI is InChI=1S/C19H22FN3O2/c1-22-15-11-23(12-7-3-2-4-8-12)18(24)16(15)17(21-19(22)25)13-9-5-6-10-14(13)20/h5-6,9-10,12,17H,2-4,7-8,11H2,1H3,(H,21,25)/t17-/m0/s1. The van der Waals surface area contributed by atoms with E-state index >= 15 is 0 Å². The molecule has 1 fully saturated rings. The minimum absolute atomic E-state index is 0.0676. The molecular weight excluding hydrogens is 321 g/mol. The van der Waals surface area contributed by atoms with Crippen LogP contribution in [0.2, 0.25) is 0 Å². The molecule has 2 aliphatic heterocycles. The van der Waals surface area contributed by atoms with Gasteiger partial charge in [0.25, 0.3) is 5.91 Å². The average Bonchev–Trinajstić information content (AvgIpc) is 2.97. The molecule has 1 atom stereocenters. The fourth-order valence-corrected chi connectivity index (χ4v) is 4.22. The van der Waals surface area contributed by atoms with Crippen LogP contribution in [0.5, 0.6) is 0 Å². The smallest absolute Gasteiger partial charge is 0.322 e. The van der Waals surface area contributed by atoms with E-state index in [-0.39, 0.29) is 18.0 Å². The first-order valence-corrected chi connectivity index (χ1v) is 8.90. The Bertz CT molecular complexity index is 755. The van der Waals surface area contributed by atoms with Crippen molar-refractivity contribution in [3.05, 3.63) is 46.9 Å². The first-order chi connectivity index (χ1) is 12.1. The summed E-state index contributed by atoms with van der Waals surface area (Å²) in [7, 11) is 1.67. The van der Waals surface area contributed by atoms with Crippen molar-refractivity contribution in [2.45, 2.75) is 44.2 Å². The third-order valence-electron chi connectivity index (χ3n) is 5.62. The lowest BCUT2D eigenvalue weighted by atomic mass is 9.93. The van der Waals surface area contributed by atoms with E-state index in [0.717, 1.165) is 25.7 Å². The molecular formula is C19H22FN3O2. The first kappa shape index (κ1) is 16.1. The zero-order chi connectivity index (χ0) is 17.6. The predicted molar refractivity (Wildman–Crippen MR) is 91.0 cm³/mol. The Balaban J connectivity index is 1.72. The van der Waals surface area contributed by atoms with Gasteiger partial charge in [0.1, 0.15) is 5.82 Å². The Morgan fingerprint density at radius 1 is 1.12 bits per heavy atom. The van der Waals surface area contributed by atoms with Gasteiger partial charge in [0.2, 0.25) is 0 Å². The second-order valence-electron chi connectivity index (χ2n) is 7.05. The van der Waals surface area contributed by atoms with Crippen LogP contribution in [-0.2, 0) is 4.79 Å². The molecule has 4 rings (SSSR count). The van der Waals surface area contributed by atoms with E-state index < -0.39 is 11.9 Å². The fraction of sp³-hybridized carbons (Fsp3) is 0.474. The van der Waals surface area contributed by atoms with Gasteiger partial charge < -0.3 is 10.2 Å². The number of amides is 3. The molecule has 1 N–H and O–H groups in total. The second-order valence-corrected chi connectivity index (χ2v) is 7.05. The van der Waals surface area contributed by atoms with Crippen molar-refractivity contribution >= 4 is 11.9 Å². The van der Waals surface area contributed by atoms with Crippen molar-refractivity contribution in [2.24, 2.45) is 0 Å². The fourth-order valence-electron chi connectivity index (χ4n) is 4.22. The molecule has 2 heterocycles. The molecule has 25 heavy (non-hydrogen) atoms. The van der Waals surface area contributed by atoms with Crippen LogP contribution in [0.4, 0.5) is 9.18 Å². The van der Waals surface area contributed by atoms with E-state index in [9.17, 15) is 14.0 Å². The number of urea groups is 1. The maximum atomic E-state index is 14.3. The summed E-state index contributed by atoms with van der Waals surface area (Å²) in [4.78, 5) is 28.9. The summed E-state index contributed by atoms with van der Waals surface area (Å²) in [6.45, 7) is 0.438. The Morgan fingerprint density at radius 3 is 2.56 bits per heavy atom. The van der Waals surface area contributed by atoms with Gasteiger partial charge in [-0.15, -0.1) is 0 Å². The average molecular weight is 343 g/mol. The Hall–Kier alpha value is -2.37. The van der Waals surface area contributed by atoms with E-state index in [0.29, 0.717) is 23.4 Å². The van der Waals surface area contributed by atoms with Crippen molar-refractivity contribution in [3.63, 3.8) is 0 Å². The molecule has 1 aromatic carbocycles. The van der Waals surface area contributed by atoms with Gasteiger partial charge >= 0.3 is 6.03 Å². The van der Waals surface area contributed by atoms with Crippen LogP contribution in [-0.4, -0.2) is 41.4 Å². The molecule has 0 aromatic heterocycles. The van der Waals surface area contributed by atoms with Crippen molar-refractivity contribution in [1.82, 2.24) is 15.1 Å². The quantitative estimate of drug-likeness (QED) is 0.898. The molecule has 0 spiro atoms. The molecule has 0 bridgehead atoms. The minimum atomic E-state index is -0.721. The molecule has 0 radical (unpaired) electrons. The van der Waals surface area contributed by atoms with E-state index in [1.54, 1.807) is 25.2 Å². The van der Waals surface area contributed by atoms with E-state index in [1.807, 2.05) is 4.90 Å². The predicted octanol–water partition coefficient (Wildman–Crippen LogP) is 2.95. The van der Waals surface area contributed by atoms with Gasteiger partial charge in [-0.05, 0) is 18.9 Å². The number of carbonyl (C=O) groups excluding carboxylic acids is 2. The van der Waals surface area contributed by atoms with Crippen molar-refractivity contribution < 1.29 is 14.0 Å². The van der Waals surface area contributed by atoms with Crippen LogP contribution < -0.4 is 5.32 Å². The van der Waals surface area contributed by atoms with Crippen molar-refractivity contribution in [3.8, 4) is 0 Å². The Morgan fingerprint density at radius 2 is 1.84 bits per heavy atom. The monoisotopic (exact) mass is 343 g/mol. The molecule has 3 aliphatic rings. The summed E-state index contributed by atoms with van der Waals surface area (Å²) in [6, 6.07) is 5.52. The molecule has 0 unspecified atom stereocenters. The molecule has 1 aliphatic carbocycles. The number of benzene rings is 1. The molecule has 6 heteroatoms. The summed E-state index contributed by atoms with van der Waals surface area (Å²) in [6.07, 6.45) is 5.47. The highest BCUT2D eigenvalue weighted by Crippen LogP contribution is 2.38. The molecule has 5 nitrogen and oxygen atoms in total. The SMILES string of the molecule is CN1C(=O)N[C@@H](c2ccccc2F)C2=C1CN(C1CCCCC1)C2=O. The maximum absolute atomic E-state index is 14.3. The summed E-state index contributed by atoms with van der Waals surface area (Å²) in [5.41, 5.74) is 1.56.